The third-order valence-electron chi connectivity index (χ3n) is 5.45. The van der Waals surface area contributed by atoms with Gasteiger partial charge >= 0.3 is 0 Å². The number of amides is 1. The fraction of sp³-hybridized carbons (Fsp3) is 0.588. The number of nitrogens with zero attached hydrogens (tertiary/aromatic N) is 1. The number of piperidine rings is 1. The van der Waals surface area contributed by atoms with Crippen LogP contribution in [0.5, 0.6) is 0 Å². The van der Waals surface area contributed by atoms with E-state index in [1.807, 2.05) is 0 Å². The van der Waals surface area contributed by atoms with Gasteiger partial charge in [-0.3, -0.25) is 4.79 Å². The molecule has 1 N–H and O–H groups in total. The number of hydrogen-bond donors (Lipinski definition) is 1. The molecule has 1 saturated heterocycles. The maximum absolute atomic E-state index is 12.9. The lowest BCUT2D eigenvalue weighted by atomic mass is 9.86. The molecule has 0 spiro atoms. The molecular formula is C17H22N2O. The minimum Gasteiger partial charge on any atom is -0.382 e. The Morgan fingerprint density at radius 3 is 2.90 bits per heavy atom. The lowest BCUT2D eigenvalue weighted by molar-refractivity contribution is -0.137. The first-order valence-corrected chi connectivity index (χ1v) is 7.87. The van der Waals surface area contributed by atoms with Gasteiger partial charge in [-0.1, -0.05) is 18.2 Å². The van der Waals surface area contributed by atoms with E-state index in [2.05, 4.69) is 41.4 Å². The number of carbonyl (C=O) groups is 1. The van der Waals surface area contributed by atoms with Gasteiger partial charge in [-0.15, -0.1) is 0 Å². The Morgan fingerprint density at radius 1 is 1.30 bits per heavy atom. The molecule has 1 aromatic rings. The Kier molecular flexibility index (Phi) is 2.76. The van der Waals surface area contributed by atoms with Gasteiger partial charge in [-0.25, -0.2) is 0 Å². The van der Waals surface area contributed by atoms with Gasteiger partial charge in [0.2, 0.25) is 5.91 Å². The van der Waals surface area contributed by atoms with Crippen molar-refractivity contribution in [1.29, 1.82) is 0 Å². The van der Waals surface area contributed by atoms with Crippen LogP contribution >= 0.6 is 0 Å². The summed E-state index contributed by atoms with van der Waals surface area (Å²) in [4.78, 5) is 15.1. The largest absolute Gasteiger partial charge is 0.382 e. The molecule has 2 fully saturated rings. The van der Waals surface area contributed by atoms with Crippen molar-refractivity contribution in [1.82, 2.24) is 4.90 Å². The molecule has 106 valence electrons. The first-order valence-electron chi connectivity index (χ1n) is 7.87. The molecular weight excluding hydrogens is 248 g/mol. The second-order valence-corrected chi connectivity index (χ2v) is 6.72. The van der Waals surface area contributed by atoms with Gasteiger partial charge in [-0.2, -0.15) is 0 Å². The fourth-order valence-corrected chi connectivity index (χ4v) is 4.31. The molecule has 0 radical (unpaired) electrons. The molecule has 2 aliphatic heterocycles. The number of likely N-dealkylation sites (tertiary alicyclic amines) is 1. The van der Waals surface area contributed by atoms with Crippen molar-refractivity contribution in [2.24, 2.45) is 11.8 Å². The molecule has 2 heterocycles. The van der Waals surface area contributed by atoms with E-state index in [1.165, 1.54) is 30.5 Å². The topological polar surface area (TPSA) is 32.3 Å². The Hall–Kier alpha value is -1.51. The van der Waals surface area contributed by atoms with Crippen LogP contribution in [-0.4, -0.2) is 29.4 Å². The Morgan fingerprint density at radius 2 is 2.15 bits per heavy atom. The highest BCUT2D eigenvalue weighted by molar-refractivity contribution is 5.82. The van der Waals surface area contributed by atoms with E-state index in [-0.39, 0.29) is 12.0 Å². The first kappa shape index (κ1) is 12.2. The van der Waals surface area contributed by atoms with Crippen LogP contribution in [0, 0.1) is 11.8 Å². The number of para-hydroxylation sites is 1. The molecule has 1 aromatic carbocycles. The number of fused-ring (bicyclic) bond motifs is 3. The zero-order chi connectivity index (χ0) is 13.7. The number of rotatable bonds is 1. The number of hydrogen-bond acceptors (Lipinski definition) is 2. The van der Waals surface area contributed by atoms with Crippen LogP contribution in [0.15, 0.2) is 24.3 Å². The predicted molar refractivity (Wildman–Crippen MR) is 79.6 cm³/mol. The van der Waals surface area contributed by atoms with Crippen LogP contribution in [0.4, 0.5) is 5.69 Å². The van der Waals surface area contributed by atoms with Crippen molar-refractivity contribution in [2.45, 2.75) is 44.7 Å². The van der Waals surface area contributed by atoms with Gasteiger partial charge in [0.1, 0.15) is 0 Å². The van der Waals surface area contributed by atoms with E-state index >= 15 is 0 Å². The van der Waals surface area contributed by atoms with Gasteiger partial charge in [0.25, 0.3) is 0 Å². The smallest absolute Gasteiger partial charge is 0.228 e. The van der Waals surface area contributed by atoms with Crippen LogP contribution in [0.2, 0.25) is 0 Å². The predicted octanol–water partition coefficient (Wildman–Crippen LogP) is 2.67. The van der Waals surface area contributed by atoms with Gasteiger partial charge in [0.05, 0.1) is 5.92 Å². The normalized spacial score (nSPS) is 34.8. The molecule has 1 aliphatic carbocycles. The van der Waals surface area contributed by atoms with Crippen LogP contribution in [0.1, 0.15) is 31.7 Å². The monoisotopic (exact) mass is 270 g/mol. The van der Waals surface area contributed by atoms with E-state index in [1.54, 1.807) is 0 Å². The molecule has 2 bridgehead atoms. The minimum atomic E-state index is 0.101. The molecule has 0 aromatic heterocycles. The van der Waals surface area contributed by atoms with Gasteiger partial charge in [0.15, 0.2) is 0 Å². The van der Waals surface area contributed by atoms with Gasteiger partial charge < -0.3 is 10.2 Å². The maximum Gasteiger partial charge on any atom is 0.228 e. The van der Waals surface area contributed by atoms with Crippen molar-refractivity contribution < 1.29 is 4.79 Å². The van der Waals surface area contributed by atoms with Crippen LogP contribution in [0.3, 0.4) is 0 Å². The molecule has 4 rings (SSSR count). The molecule has 20 heavy (non-hydrogen) atoms. The highest BCUT2D eigenvalue weighted by Gasteiger charge is 2.43. The fourth-order valence-electron chi connectivity index (χ4n) is 4.31. The van der Waals surface area contributed by atoms with E-state index in [0.29, 0.717) is 11.9 Å². The standard InChI is InChI=1S/C17H22N2O/c1-11-15(9-13-4-2-3-5-16(13)18-11)17(20)19-10-12-6-7-14(19)8-12/h2-5,11-12,14-15,18H,6-10H2,1H3. The molecule has 3 heteroatoms. The summed E-state index contributed by atoms with van der Waals surface area (Å²) in [5.41, 5.74) is 2.49. The van der Waals surface area contributed by atoms with Crippen LogP contribution in [0.25, 0.3) is 0 Å². The van der Waals surface area contributed by atoms with Crippen molar-refractivity contribution in [3.8, 4) is 0 Å². The molecule has 4 atom stereocenters. The zero-order valence-electron chi connectivity index (χ0n) is 12.0. The Balaban J connectivity index is 1.55. The third kappa shape index (κ3) is 1.83. The highest BCUT2D eigenvalue weighted by Crippen LogP contribution is 2.39. The average Bonchev–Trinajstić information content (AvgIpc) is 3.08. The molecule has 4 unspecified atom stereocenters. The van der Waals surface area contributed by atoms with E-state index in [9.17, 15) is 4.79 Å². The van der Waals surface area contributed by atoms with E-state index in [4.69, 9.17) is 0 Å². The van der Waals surface area contributed by atoms with Gasteiger partial charge in [0, 0.05) is 24.3 Å². The van der Waals surface area contributed by atoms with E-state index in [0.717, 1.165) is 18.9 Å². The SMILES string of the molecule is CC1Nc2ccccc2CC1C(=O)N1CC2CCC1C2. The number of nitrogens with one attached hydrogen (secondary N) is 1. The lowest BCUT2D eigenvalue weighted by Crippen LogP contribution is -2.48. The Labute approximate surface area is 120 Å². The zero-order valence-corrected chi connectivity index (χ0v) is 12.0. The summed E-state index contributed by atoms with van der Waals surface area (Å²) < 4.78 is 0. The highest BCUT2D eigenvalue weighted by atomic mass is 16.2. The summed E-state index contributed by atoms with van der Waals surface area (Å²) in [6, 6.07) is 9.15. The summed E-state index contributed by atoms with van der Waals surface area (Å²) in [6.07, 6.45) is 4.69. The lowest BCUT2D eigenvalue weighted by Gasteiger charge is -2.36. The van der Waals surface area contributed by atoms with E-state index < -0.39 is 0 Å². The summed E-state index contributed by atoms with van der Waals surface area (Å²) >= 11 is 0. The summed E-state index contributed by atoms with van der Waals surface area (Å²) in [6.45, 7) is 3.15. The molecule has 3 nitrogen and oxygen atoms in total. The van der Waals surface area contributed by atoms with Crippen molar-refractivity contribution >= 4 is 11.6 Å². The van der Waals surface area contributed by atoms with Crippen molar-refractivity contribution in [2.75, 3.05) is 11.9 Å². The van der Waals surface area contributed by atoms with Crippen LogP contribution in [-0.2, 0) is 11.2 Å². The maximum atomic E-state index is 12.9. The quantitative estimate of drug-likeness (QED) is 0.851. The molecule has 3 aliphatic rings. The summed E-state index contributed by atoms with van der Waals surface area (Å²) in [7, 11) is 0. The average molecular weight is 270 g/mol. The molecule has 1 saturated carbocycles. The summed E-state index contributed by atoms with van der Waals surface area (Å²) in [5, 5.41) is 3.51. The molecule has 1 amide bonds. The number of anilines is 1. The van der Waals surface area contributed by atoms with Crippen molar-refractivity contribution in [3.05, 3.63) is 29.8 Å². The number of carbonyl (C=O) groups excluding carboxylic acids is 1. The minimum absolute atomic E-state index is 0.101. The summed E-state index contributed by atoms with van der Waals surface area (Å²) in [5.74, 6) is 1.26. The second-order valence-electron chi connectivity index (χ2n) is 6.72. The first-order chi connectivity index (χ1) is 9.72. The Bertz CT molecular complexity index is 542. The van der Waals surface area contributed by atoms with Gasteiger partial charge in [-0.05, 0) is 50.2 Å². The second kappa shape index (κ2) is 4.51. The third-order valence-corrected chi connectivity index (χ3v) is 5.45. The van der Waals surface area contributed by atoms with Crippen molar-refractivity contribution in [3.63, 3.8) is 0 Å². The van der Waals surface area contributed by atoms with Crippen LogP contribution < -0.4 is 5.32 Å². The number of benzene rings is 1.